The molecule has 47 heavy (non-hydrogen) atoms. The largest absolute Gasteiger partial charge is 0.497 e. The highest BCUT2D eigenvalue weighted by atomic mass is 19.4. The Hall–Kier alpha value is -4.77. The molecule has 2 fully saturated rings. The van der Waals surface area contributed by atoms with Crippen LogP contribution in [0.5, 0.6) is 5.75 Å². The van der Waals surface area contributed by atoms with Crippen molar-refractivity contribution in [3.8, 4) is 5.75 Å². The van der Waals surface area contributed by atoms with Crippen molar-refractivity contribution in [1.82, 2.24) is 19.8 Å². The van der Waals surface area contributed by atoms with Crippen LogP contribution in [0.25, 0.3) is 0 Å². The number of morpholine rings is 1. The third kappa shape index (κ3) is 10.1. The van der Waals surface area contributed by atoms with Gasteiger partial charge in [0.2, 0.25) is 0 Å². The van der Waals surface area contributed by atoms with E-state index in [1.165, 1.54) is 0 Å². The number of methoxy groups -OCH3 is 1. The van der Waals surface area contributed by atoms with Gasteiger partial charge in [-0.25, -0.2) is 9.59 Å². The number of carboxylic acids is 2. The zero-order valence-electron chi connectivity index (χ0n) is 24.7. The third-order valence-electron chi connectivity index (χ3n) is 7.07. The summed E-state index contributed by atoms with van der Waals surface area (Å²) in [5.74, 6) is -4.75. The minimum Gasteiger partial charge on any atom is -0.497 e. The van der Waals surface area contributed by atoms with Crippen LogP contribution in [0.1, 0.15) is 22.6 Å². The molecule has 2 aliphatic rings. The van der Waals surface area contributed by atoms with Gasteiger partial charge in [0.15, 0.2) is 5.60 Å². The number of benzene rings is 1. The molecular formula is C30H30F6N4O7. The molecule has 2 atom stereocenters. The van der Waals surface area contributed by atoms with Crippen LogP contribution in [-0.2, 0) is 32.2 Å². The van der Waals surface area contributed by atoms with E-state index in [0.717, 1.165) is 35.5 Å². The summed E-state index contributed by atoms with van der Waals surface area (Å²) >= 11 is 0. The molecule has 1 aromatic carbocycles. The van der Waals surface area contributed by atoms with E-state index in [4.69, 9.17) is 29.3 Å². The van der Waals surface area contributed by atoms with E-state index >= 15 is 0 Å². The van der Waals surface area contributed by atoms with Gasteiger partial charge in [-0.2, -0.15) is 26.3 Å². The molecule has 2 saturated heterocycles. The lowest BCUT2D eigenvalue weighted by Crippen LogP contribution is -2.59. The van der Waals surface area contributed by atoms with Crippen molar-refractivity contribution < 1.29 is 60.4 Å². The fourth-order valence-electron chi connectivity index (χ4n) is 4.97. The first-order valence-electron chi connectivity index (χ1n) is 13.7. The Labute approximate surface area is 264 Å². The molecule has 2 aliphatic heterocycles. The average Bonchev–Trinajstić information content (AvgIpc) is 3.38. The first kappa shape index (κ1) is 36.7. The molecule has 1 spiro atoms. The van der Waals surface area contributed by atoms with Gasteiger partial charge in [-0.1, -0.05) is 24.3 Å². The van der Waals surface area contributed by atoms with Gasteiger partial charge in [0.1, 0.15) is 5.75 Å². The summed E-state index contributed by atoms with van der Waals surface area (Å²) in [6, 6.07) is 15.9. The lowest BCUT2D eigenvalue weighted by atomic mass is 9.83. The summed E-state index contributed by atoms with van der Waals surface area (Å²) in [5.41, 5.74) is 2.31. The fourth-order valence-corrected chi connectivity index (χ4v) is 4.97. The van der Waals surface area contributed by atoms with Crippen LogP contribution in [-0.4, -0.2) is 99.1 Å². The number of amides is 1. The first-order valence-corrected chi connectivity index (χ1v) is 13.7. The van der Waals surface area contributed by atoms with Crippen molar-refractivity contribution in [3.63, 3.8) is 0 Å². The van der Waals surface area contributed by atoms with Gasteiger partial charge in [0.25, 0.3) is 5.91 Å². The van der Waals surface area contributed by atoms with Crippen molar-refractivity contribution in [3.05, 3.63) is 90.0 Å². The summed E-state index contributed by atoms with van der Waals surface area (Å²) < 4.78 is 75.1. The van der Waals surface area contributed by atoms with Crippen LogP contribution < -0.4 is 4.74 Å². The van der Waals surface area contributed by atoms with Crippen molar-refractivity contribution in [1.29, 1.82) is 0 Å². The number of alkyl halides is 6. The van der Waals surface area contributed by atoms with Gasteiger partial charge >= 0.3 is 24.3 Å². The van der Waals surface area contributed by atoms with E-state index in [0.29, 0.717) is 26.2 Å². The second-order valence-corrected chi connectivity index (χ2v) is 10.3. The highest BCUT2D eigenvalue weighted by Gasteiger charge is 2.57. The second-order valence-electron chi connectivity index (χ2n) is 10.3. The molecule has 2 N–H and O–H groups in total. The number of halogens is 6. The summed E-state index contributed by atoms with van der Waals surface area (Å²) in [6.45, 7) is 3.63. The van der Waals surface area contributed by atoms with E-state index in [-0.39, 0.29) is 11.8 Å². The van der Waals surface area contributed by atoms with Gasteiger partial charge in [0.05, 0.1) is 13.7 Å². The van der Waals surface area contributed by atoms with Crippen molar-refractivity contribution in [2.75, 3.05) is 33.4 Å². The zero-order valence-corrected chi connectivity index (χ0v) is 24.7. The maximum absolute atomic E-state index is 14.0. The maximum Gasteiger partial charge on any atom is 0.490 e. The number of rotatable bonds is 6. The number of aromatic nitrogens is 2. The van der Waals surface area contributed by atoms with Gasteiger partial charge in [-0.3, -0.25) is 19.7 Å². The van der Waals surface area contributed by atoms with Crippen LogP contribution in [0.3, 0.4) is 0 Å². The Kier molecular flexibility index (Phi) is 12.2. The normalized spacial score (nSPS) is 19.7. The minimum absolute atomic E-state index is 0.0482. The molecule has 1 amide bonds. The van der Waals surface area contributed by atoms with E-state index < -0.39 is 29.9 Å². The Morgan fingerprint density at radius 2 is 1.49 bits per heavy atom. The number of nitrogens with zero attached hydrogens (tertiary/aromatic N) is 4. The Balaban J connectivity index is 0.000000360. The molecule has 0 bridgehead atoms. The first-order chi connectivity index (χ1) is 22.1. The molecule has 0 saturated carbocycles. The predicted octanol–water partition coefficient (Wildman–Crippen LogP) is 4.15. The molecular weight excluding hydrogens is 642 g/mol. The lowest BCUT2D eigenvalue weighted by Gasteiger charge is -2.42. The van der Waals surface area contributed by atoms with Crippen molar-refractivity contribution in [2.45, 2.75) is 37.0 Å². The number of pyridine rings is 2. The summed E-state index contributed by atoms with van der Waals surface area (Å²) in [6.07, 6.45) is -2.89. The molecule has 5 rings (SSSR count). The van der Waals surface area contributed by atoms with Crippen LogP contribution in [0.4, 0.5) is 26.3 Å². The van der Waals surface area contributed by atoms with Gasteiger partial charge < -0.3 is 24.6 Å². The smallest absolute Gasteiger partial charge is 0.490 e. The number of ether oxygens (including phenoxy) is 2. The van der Waals surface area contributed by atoms with E-state index in [1.54, 1.807) is 19.5 Å². The number of carbonyl (C=O) groups excluding carboxylic acids is 1. The Morgan fingerprint density at radius 1 is 0.915 bits per heavy atom. The van der Waals surface area contributed by atoms with Gasteiger partial charge in [0, 0.05) is 63.4 Å². The van der Waals surface area contributed by atoms with Crippen LogP contribution in [0, 0.1) is 0 Å². The highest BCUT2D eigenvalue weighted by Crippen LogP contribution is 2.42. The van der Waals surface area contributed by atoms with Crippen molar-refractivity contribution in [2.24, 2.45) is 0 Å². The SMILES string of the molecule is COc1ccc(CN2CCOC3(CN(Cc4cccnc4)CC3c3cccnc3)C2=O)cc1.O=C(O)C(F)(F)F.O=C(O)C(F)(F)F. The van der Waals surface area contributed by atoms with Crippen molar-refractivity contribution >= 4 is 17.8 Å². The fraction of sp³-hybridized carbons (Fsp3) is 0.367. The molecule has 17 heteroatoms. The predicted molar refractivity (Wildman–Crippen MR) is 151 cm³/mol. The monoisotopic (exact) mass is 672 g/mol. The van der Waals surface area contributed by atoms with E-state index in [1.807, 2.05) is 59.8 Å². The number of carbonyl (C=O) groups is 3. The van der Waals surface area contributed by atoms with Gasteiger partial charge in [-0.15, -0.1) is 0 Å². The number of aliphatic carboxylic acids is 2. The van der Waals surface area contributed by atoms with Crippen LogP contribution in [0.2, 0.25) is 0 Å². The van der Waals surface area contributed by atoms with E-state index in [9.17, 15) is 31.1 Å². The number of likely N-dealkylation sites (tertiary alicyclic amines) is 1. The average molecular weight is 673 g/mol. The minimum atomic E-state index is -5.08. The molecule has 2 unspecified atom stereocenters. The van der Waals surface area contributed by atoms with Crippen LogP contribution in [0.15, 0.2) is 73.3 Å². The second kappa shape index (κ2) is 15.7. The quantitative estimate of drug-likeness (QED) is 0.367. The molecule has 4 heterocycles. The highest BCUT2D eigenvalue weighted by molar-refractivity contribution is 5.88. The van der Waals surface area contributed by atoms with Crippen LogP contribution >= 0.6 is 0 Å². The summed E-state index contributed by atoms with van der Waals surface area (Å²) in [4.78, 5) is 44.6. The molecule has 254 valence electrons. The molecule has 0 aliphatic carbocycles. The number of hydrogen-bond donors (Lipinski definition) is 2. The maximum atomic E-state index is 14.0. The molecule has 0 radical (unpaired) electrons. The van der Waals surface area contributed by atoms with Gasteiger partial charge in [-0.05, 0) is 41.0 Å². The Morgan fingerprint density at radius 3 is 1.98 bits per heavy atom. The van der Waals surface area contributed by atoms with E-state index in [2.05, 4.69) is 20.9 Å². The Bertz CT molecular complexity index is 1450. The molecule has 11 nitrogen and oxygen atoms in total. The standard InChI is InChI=1S/C26H28N4O3.2C2HF3O2/c1-32-23-8-6-20(7-9-23)17-30-12-13-33-26(25(30)31)19-29(16-21-4-2-10-27-14-21)18-24(26)22-5-3-11-28-15-22;2*3-2(4,5)1(6)7/h2-11,14-15,24H,12-13,16-19H2,1H3;2*(H,6,7). The number of carboxylic acid groups (broad SMARTS) is 2. The number of hydrogen-bond acceptors (Lipinski definition) is 8. The molecule has 2 aromatic heterocycles. The third-order valence-corrected chi connectivity index (χ3v) is 7.07. The topological polar surface area (TPSA) is 142 Å². The summed E-state index contributed by atoms with van der Waals surface area (Å²) in [7, 11) is 1.65. The zero-order chi connectivity index (χ0) is 34.8. The molecule has 3 aromatic rings. The lowest BCUT2D eigenvalue weighted by molar-refractivity contribution is -0.193. The summed E-state index contributed by atoms with van der Waals surface area (Å²) in [5, 5.41) is 14.2.